The smallest absolute Gasteiger partial charge is 0.119 e. The normalized spacial score (nSPS) is 16.4. The Hall–Kier alpha value is -1.39. The van der Waals surface area contributed by atoms with Gasteiger partial charge in [-0.1, -0.05) is 6.07 Å². The van der Waals surface area contributed by atoms with Gasteiger partial charge in [-0.3, -0.25) is 0 Å². The highest BCUT2D eigenvalue weighted by Crippen LogP contribution is 2.38. The van der Waals surface area contributed by atoms with E-state index in [1.807, 2.05) is 17.4 Å². The first-order valence-corrected chi connectivity index (χ1v) is 8.51. The second-order valence-electron chi connectivity index (χ2n) is 5.98. The standard InChI is InChI=1S/C17H20N2OS/c1-20-13-6-4-12-5-7-15-17(14(12)8-13)19-16(21-15)10-18-9-11-2-3-11/h4,6,8,11,18H,2-3,5,7,9-10H2,1H3. The van der Waals surface area contributed by atoms with E-state index < -0.39 is 0 Å². The molecule has 110 valence electrons. The van der Waals surface area contributed by atoms with E-state index in [9.17, 15) is 0 Å². The van der Waals surface area contributed by atoms with E-state index in [-0.39, 0.29) is 0 Å². The van der Waals surface area contributed by atoms with Crippen molar-refractivity contribution < 1.29 is 4.74 Å². The molecule has 1 aromatic carbocycles. The molecule has 0 aliphatic heterocycles. The molecule has 0 saturated heterocycles. The summed E-state index contributed by atoms with van der Waals surface area (Å²) in [6.07, 6.45) is 5.03. The number of hydrogen-bond donors (Lipinski definition) is 1. The van der Waals surface area contributed by atoms with Gasteiger partial charge < -0.3 is 10.1 Å². The lowest BCUT2D eigenvalue weighted by atomic mass is 9.93. The number of hydrogen-bond acceptors (Lipinski definition) is 4. The average Bonchev–Trinajstić information content (AvgIpc) is 3.24. The number of rotatable bonds is 5. The molecule has 2 aliphatic carbocycles. The van der Waals surface area contributed by atoms with Gasteiger partial charge in [-0.05, 0) is 55.8 Å². The molecule has 4 rings (SSSR count). The van der Waals surface area contributed by atoms with Crippen molar-refractivity contribution >= 4 is 11.3 Å². The van der Waals surface area contributed by atoms with E-state index in [0.29, 0.717) is 0 Å². The SMILES string of the molecule is COc1ccc2c(c1)-c1nc(CNCC3CC3)sc1CC2. The lowest BCUT2D eigenvalue weighted by Crippen LogP contribution is -2.15. The van der Waals surface area contributed by atoms with Crippen LogP contribution in [0.3, 0.4) is 0 Å². The molecule has 2 aromatic rings. The number of aromatic nitrogens is 1. The van der Waals surface area contributed by atoms with Crippen LogP contribution in [0.2, 0.25) is 0 Å². The molecule has 0 amide bonds. The highest BCUT2D eigenvalue weighted by Gasteiger charge is 2.23. The summed E-state index contributed by atoms with van der Waals surface area (Å²) in [5, 5.41) is 4.76. The quantitative estimate of drug-likeness (QED) is 0.919. The minimum atomic E-state index is 0.910. The topological polar surface area (TPSA) is 34.1 Å². The number of benzene rings is 1. The molecule has 1 fully saturated rings. The van der Waals surface area contributed by atoms with Gasteiger partial charge in [-0.2, -0.15) is 0 Å². The predicted molar refractivity (Wildman–Crippen MR) is 85.9 cm³/mol. The lowest BCUT2D eigenvalue weighted by molar-refractivity contribution is 0.415. The molecule has 0 atom stereocenters. The summed E-state index contributed by atoms with van der Waals surface area (Å²) in [6, 6.07) is 6.37. The molecule has 1 saturated carbocycles. The fourth-order valence-corrected chi connectivity index (χ4v) is 3.98. The van der Waals surface area contributed by atoms with E-state index in [1.54, 1.807) is 7.11 Å². The summed E-state index contributed by atoms with van der Waals surface area (Å²) < 4.78 is 5.36. The number of nitrogens with one attached hydrogen (secondary N) is 1. The van der Waals surface area contributed by atoms with E-state index in [2.05, 4.69) is 17.4 Å². The summed E-state index contributed by atoms with van der Waals surface area (Å²) in [5.41, 5.74) is 3.84. The van der Waals surface area contributed by atoms with Crippen LogP contribution in [0.25, 0.3) is 11.3 Å². The van der Waals surface area contributed by atoms with Crippen molar-refractivity contribution in [3.8, 4) is 17.0 Å². The number of nitrogens with zero attached hydrogens (tertiary/aromatic N) is 1. The Balaban J connectivity index is 1.58. The second kappa shape index (κ2) is 5.43. The van der Waals surface area contributed by atoms with Crippen LogP contribution >= 0.6 is 11.3 Å². The number of fused-ring (bicyclic) bond motifs is 3. The van der Waals surface area contributed by atoms with Gasteiger partial charge in [0.05, 0.1) is 12.8 Å². The summed E-state index contributed by atoms with van der Waals surface area (Å²) in [5.74, 6) is 1.84. The Morgan fingerprint density at radius 3 is 3.05 bits per heavy atom. The maximum atomic E-state index is 5.36. The molecule has 3 nitrogen and oxygen atoms in total. The van der Waals surface area contributed by atoms with Crippen LogP contribution in [0.1, 0.15) is 28.3 Å². The van der Waals surface area contributed by atoms with Gasteiger partial charge >= 0.3 is 0 Å². The minimum absolute atomic E-state index is 0.910. The first kappa shape index (κ1) is 13.3. The van der Waals surface area contributed by atoms with Crippen LogP contribution < -0.4 is 10.1 Å². The largest absolute Gasteiger partial charge is 0.497 e. The fourth-order valence-electron chi connectivity index (χ4n) is 2.93. The van der Waals surface area contributed by atoms with Gasteiger partial charge in [0.15, 0.2) is 0 Å². The van der Waals surface area contributed by atoms with Gasteiger partial charge in [-0.15, -0.1) is 11.3 Å². The molecule has 0 unspecified atom stereocenters. The van der Waals surface area contributed by atoms with Crippen LogP contribution in [-0.4, -0.2) is 18.6 Å². The van der Waals surface area contributed by atoms with E-state index >= 15 is 0 Å². The lowest BCUT2D eigenvalue weighted by Gasteiger charge is -2.15. The predicted octanol–water partition coefficient (Wildman–Crippen LogP) is 3.42. The third-order valence-electron chi connectivity index (χ3n) is 4.34. The highest BCUT2D eigenvalue weighted by atomic mass is 32.1. The molecule has 21 heavy (non-hydrogen) atoms. The summed E-state index contributed by atoms with van der Waals surface area (Å²) >= 11 is 1.87. The number of ether oxygens (including phenoxy) is 1. The van der Waals surface area contributed by atoms with Crippen LogP contribution in [0.15, 0.2) is 18.2 Å². The molecule has 2 aliphatic rings. The maximum absolute atomic E-state index is 5.36. The Labute approximate surface area is 129 Å². The monoisotopic (exact) mass is 300 g/mol. The Morgan fingerprint density at radius 1 is 1.33 bits per heavy atom. The third-order valence-corrected chi connectivity index (χ3v) is 5.46. The van der Waals surface area contributed by atoms with Crippen LogP contribution in [0, 0.1) is 5.92 Å². The maximum Gasteiger partial charge on any atom is 0.119 e. The van der Waals surface area contributed by atoms with Crippen LogP contribution in [-0.2, 0) is 19.4 Å². The Bertz CT molecular complexity index is 661. The number of aryl methyl sites for hydroxylation is 2. The molecular weight excluding hydrogens is 280 g/mol. The number of thiazole rings is 1. The Morgan fingerprint density at radius 2 is 2.24 bits per heavy atom. The molecule has 0 radical (unpaired) electrons. The second-order valence-corrected chi connectivity index (χ2v) is 7.14. The average molecular weight is 300 g/mol. The first-order valence-electron chi connectivity index (χ1n) is 7.70. The summed E-state index contributed by atoms with van der Waals surface area (Å²) in [4.78, 5) is 6.31. The van der Waals surface area contributed by atoms with Gasteiger partial charge in [0.2, 0.25) is 0 Å². The van der Waals surface area contributed by atoms with Crippen molar-refractivity contribution in [3.63, 3.8) is 0 Å². The van der Waals surface area contributed by atoms with E-state index in [4.69, 9.17) is 9.72 Å². The zero-order chi connectivity index (χ0) is 14.2. The van der Waals surface area contributed by atoms with Gasteiger partial charge in [0, 0.05) is 17.0 Å². The van der Waals surface area contributed by atoms with Gasteiger partial charge in [0.1, 0.15) is 10.8 Å². The van der Waals surface area contributed by atoms with Crippen molar-refractivity contribution in [2.24, 2.45) is 5.92 Å². The molecule has 0 bridgehead atoms. The molecule has 0 spiro atoms. The molecule has 1 aromatic heterocycles. The first-order chi connectivity index (χ1) is 10.3. The summed E-state index contributed by atoms with van der Waals surface area (Å²) in [7, 11) is 1.72. The van der Waals surface area contributed by atoms with Crippen molar-refractivity contribution in [3.05, 3.63) is 33.6 Å². The Kier molecular flexibility index (Phi) is 3.43. The van der Waals surface area contributed by atoms with Crippen molar-refractivity contribution in [2.45, 2.75) is 32.2 Å². The molecule has 1 N–H and O–H groups in total. The van der Waals surface area contributed by atoms with E-state index in [1.165, 1.54) is 39.5 Å². The van der Waals surface area contributed by atoms with Crippen molar-refractivity contribution in [1.82, 2.24) is 10.3 Å². The van der Waals surface area contributed by atoms with Crippen molar-refractivity contribution in [2.75, 3.05) is 13.7 Å². The highest BCUT2D eigenvalue weighted by molar-refractivity contribution is 7.12. The van der Waals surface area contributed by atoms with Gasteiger partial charge in [-0.25, -0.2) is 4.98 Å². The van der Waals surface area contributed by atoms with Crippen molar-refractivity contribution in [1.29, 1.82) is 0 Å². The fraction of sp³-hybridized carbons (Fsp3) is 0.471. The van der Waals surface area contributed by atoms with E-state index in [0.717, 1.165) is 37.6 Å². The number of methoxy groups -OCH3 is 1. The molecular formula is C17H20N2OS. The van der Waals surface area contributed by atoms with Crippen LogP contribution in [0.5, 0.6) is 5.75 Å². The third kappa shape index (κ3) is 2.70. The van der Waals surface area contributed by atoms with Gasteiger partial charge in [0.25, 0.3) is 0 Å². The van der Waals surface area contributed by atoms with Crippen LogP contribution in [0.4, 0.5) is 0 Å². The zero-order valence-corrected chi connectivity index (χ0v) is 13.1. The summed E-state index contributed by atoms with van der Waals surface area (Å²) in [6.45, 7) is 2.06. The zero-order valence-electron chi connectivity index (χ0n) is 12.3. The molecule has 4 heteroatoms. The minimum Gasteiger partial charge on any atom is -0.497 e. The molecule has 1 heterocycles.